The molecule has 0 nitrogen and oxygen atoms in total. The molecule has 0 atom stereocenters. The van der Waals surface area contributed by atoms with E-state index in [0.717, 1.165) is 8.85 Å². The molecule has 0 spiro atoms. The maximum absolute atomic E-state index is 3.08. The first kappa shape index (κ1) is 26.7. The summed E-state index contributed by atoms with van der Waals surface area (Å²) in [4.78, 5) is 0. The summed E-state index contributed by atoms with van der Waals surface area (Å²) in [7, 11) is 1.12. The van der Waals surface area contributed by atoms with Gasteiger partial charge in [0.2, 0.25) is 0 Å². The second-order valence-corrected chi connectivity index (χ2v) is 0. The Balaban J connectivity index is -0.00000000167. The van der Waals surface area contributed by atoms with Crippen LogP contribution in [0.25, 0.3) is 0 Å². The fraction of sp³-hybridized carbons (Fsp3) is 0. The maximum atomic E-state index is 3.08. The third-order valence-corrected chi connectivity index (χ3v) is 0. The topological polar surface area (TPSA) is 0 Å². The number of hydrogen-bond donors (Lipinski definition) is 0. The van der Waals surface area contributed by atoms with Crippen LogP contribution in [0, 0.1) is 0 Å². The van der Waals surface area contributed by atoms with Crippen LogP contribution in [0.15, 0.2) is 0 Å². The molecule has 0 saturated heterocycles. The molecule has 0 aromatic rings. The van der Waals surface area contributed by atoms with E-state index >= 15 is 0 Å². The normalized spacial score (nSPS) is 1.80. The molecule has 0 aliphatic rings. The molecule has 0 N–H and O–H groups in total. The zero-order valence-corrected chi connectivity index (χ0v) is 7.11. The van der Waals surface area contributed by atoms with Crippen LogP contribution >= 0.6 is 0 Å². The summed E-state index contributed by atoms with van der Waals surface area (Å²) < 4.78 is 0. The van der Waals surface area contributed by atoms with Gasteiger partial charge in [0, 0.05) is 33.6 Å². The van der Waals surface area contributed by atoms with Gasteiger partial charge < -0.3 is 0 Å². The van der Waals surface area contributed by atoms with Gasteiger partial charge in [-0.3, -0.25) is 0 Å². The second-order valence-electron chi connectivity index (χ2n) is 0. The van der Waals surface area contributed by atoms with Crippen molar-refractivity contribution in [3.63, 3.8) is 0 Å². The van der Waals surface area contributed by atoms with E-state index in [9.17, 15) is 0 Å². The standard InChI is InChI=1S/Al.Cu.Mn.Ni.H3Si.3H/h;;;;1H3;;;. The third-order valence-electron chi connectivity index (χ3n) is 0. The quantitative estimate of drug-likeness (QED) is 0.414. The van der Waals surface area contributed by atoms with Gasteiger partial charge in [-0.15, -0.1) is 0 Å². The third kappa shape index (κ3) is 22.1. The first-order chi connectivity index (χ1) is 1.00. The van der Waals surface area contributed by atoms with Gasteiger partial charge in [-0.2, -0.15) is 0 Å². The molecule has 1 radical (unpaired) electrons. The molecule has 0 amide bonds. The molecule has 0 aromatic heterocycles. The van der Waals surface area contributed by atoms with Gasteiger partial charge in [-0.05, 0) is 0 Å². The van der Waals surface area contributed by atoms with Gasteiger partial charge in [0.1, 0.15) is 0 Å². The van der Waals surface area contributed by atoms with Crippen molar-refractivity contribution in [2.45, 2.75) is 0 Å². The molecule has 5 heavy (non-hydrogen) atoms. The van der Waals surface area contributed by atoms with Crippen molar-refractivity contribution in [2.24, 2.45) is 0 Å². The summed E-state index contributed by atoms with van der Waals surface area (Å²) in [6.45, 7) is 0. The molecule has 0 fully saturated rings. The average Bonchev–Trinajstić information content (AvgIpc) is 1.00. The Bertz CT molecular complexity index is 11.6. The van der Waals surface area contributed by atoms with Crippen LogP contribution in [-0.2, 0) is 48.9 Å². The Morgan fingerprint density at radius 1 is 1.20 bits per heavy atom. The molecule has 41 valence electrons. The first-order valence-electron chi connectivity index (χ1n) is 0.378. The van der Waals surface area contributed by atoms with Crippen molar-refractivity contribution in [1.82, 2.24) is 0 Å². The van der Waals surface area contributed by atoms with Crippen LogP contribution in [0.4, 0.5) is 0 Å². The zero-order valence-electron chi connectivity index (χ0n) is 2.00. The Hall–Kier alpha value is 2.28. The monoisotopic (exact) mass is 237 g/mol. The summed E-state index contributed by atoms with van der Waals surface area (Å²) in [5.74, 6) is 0. The Morgan fingerprint density at radius 2 is 1.20 bits per heavy atom. The van der Waals surface area contributed by atoms with Gasteiger partial charge in [0.15, 0.2) is 17.4 Å². The number of rotatable bonds is 0. The predicted molar refractivity (Wildman–Crippen MR) is 19.9 cm³/mol. The molecule has 5 heteroatoms. The molecule has 0 saturated carbocycles. The fourth-order valence-corrected chi connectivity index (χ4v) is 0. The van der Waals surface area contributed by atoms with E-state index in [1.807, 2.05) is 0 Å². The summed E-state index contributed by atoms with van der Waals surface area (Å²) in [5.41, 5.74) is 0. The minimum absolute atomic E-state index is 0. The van der Waals surface area contributed by atoms with E-state index in [2.05, 4.69) is 15.4 Å². The Morgan fingerprint density at radius 3 is 1.20 bits per heavy atom. The van der Waals surface area contributed by atoms with Crippen LogP contribution in [0.2, 0.25) is 0 Å². The molecular formula is H6AlCuMnNiSi. The molecular weight excluding hydrogens is 232 g/mol. The van der Waals surface area contributed by atoms with Gasteiger partial charge in [0.25, 0.3) is 0 Å². The summed E-state index contributed by atoms with van der Waals surface area (Å²) in [5, 5.41) is 0. The molecule has 0 bridgehead atoms. The molecule has 0 aliphatic carbocycles. The first-order valence-corrected chi connectivity index (χ1v) is 4.68. The molecule has 0 unspecified atom stereocenters. The summed E-state index contributed by atoms with van der Waals surface area (Å²) in [6.07, 6.45) is 0. The zero-order chi connectivity index (χ0) is 2.00. The van der Waals surface area contributed by atoms with E-state index in [1.165, 1.54) is 0 Å². The van der Waals surface area contributed by atoms with E-state index in [0.29, 0.717) is 0 Å². The molecule has 0 aromatic carbocycles. The van der Waals surface area contributed by atoms with Crippen LogP contribution in [0.3, 0.4) is 0 Å². The van der Waals surface area contributed by atoms with Gasteiger partial charge in [-0.1, -0.05) is 0 Å². The van der Waals surface area contributed by atoms with Crippen molar-refractivity contribution in [3.05, 3.63) is 0 Å². The number of hydrogen-bond acceptors (Lipinski definition) is 0. The van der Waals surface area contributed by atoms with Crippen molar-refractivity contribution < 1.29 is 48.9 Å². The predicted octanol–water partition coefficient (Wildman–Crippen LogP) is -2.38. The van der Waals surface area contributed by atoms with E-state index in [1.54, 1.807) is 0 Å². The van der Waals surface area contributed by atoms with Crippen LogP contribution in [-0.4, -0.2) is 26.2 Å². The fourth-order valence-electron chi connectivity index (χ4n) is 0. The molecule has 0 rings (SSSR count). The minimum atomic E-state index is 0. The SMILES string of the molecule is [AlH3].[Cu].[Ni].[SiH3][Mn]. The van der Waals surface area contributed by atoms with Crippen molar-refractivity contribution in [1.29, 1.82) is 0 Å². The summed E-state index contributed by atoms with van der Waals surface area (Å²) in [6, 6.07) is 0. The van der Waals surface area contributed by atoms with Gasteiger partial charge in [-0.25, -0.2) is 0 Å². The van der Waals surface area contributed by atoms with E-state index in [-0.39, 0.29) is 50.9 Å². The second kappa shape index (κ2) is 33.7. The molecule has 0 aliphatic heterocycles. The van der Waals surface area contributed by atoms with Gasteiger partial charge in [0.05, 0.1) is 0 Å². The average molecular weight is 238 g/mol. The van der Waals surface area contributed by atoms with E-state index < -0.39 is 0 Å². The Labute approximate surface area is 74.4 Å². The van der Waals surface area contributed by atoms with Crippen LogP contribution < -0.4 is 0 Å². The van der Waals surface area contributed by atoms with Crippen LogP contribution in [0.5, 0.6) is 0 Å². The van der Waals surface area contributed by atoms with Crippen LogP contribution in [0.1, 0.15) is 0 Å². The Kier molecular flexibility index (Phi) is 180. The van der Waals surface area contributed by atoms with E-state index in [4.69, 9.17) is 0 Å². The molecule has 0 heterocycles. The van der Waals surface area contributed by atoms with Crippen molar-refractivity contribution in [3.8, 4) is 0 Å². The van der Waals surface area contributed by atoms with Gasteiger partial charge >= 0.3 is 24.2 Å². The van der Waals surface area contributed by atoms with Crippen molar-refractivity contribution >= 4 is 26.2 Å². The summed E-state index contributed by atoms with van der Waals surface area (Å²) >= 11 is 3.08. The van der Waals surface area contributed by atoms with Crippen molar-refractivity contribution in [2.75, 3.05) is 0 Å².